The largest absolute Gasteiger partial charge is 0.330 e. The average molecular weight is 291 g/mol. The quantitative estimate of drug-likeness (QED) is 0.797. The van der Waals surface area contributed by atoms with Gasteiger partial charge in [0.05, 0.1) is 6.04 Å². The maximum atomic E-state index is 11.9. The van der Waals surface area contributed by atoms with Gasteiger partial charge in [0.2, 0.25) is 5.91 Å². The van der Waals surface area contributed by atoms with E-state index in [1.165, 1.54) is 5.57 Å². The van der Waals surface area contributed by atoms with Crippen molar-refractivity contribution < 1.29 is 4.79 Å². The first kappa shape index (κ1) is 19.2. The van der Waals surface area contributed by atoms with Crippen LogP contribution in [0.2, 0.25) is 0 Å². The van der Waals surface area contributed by atoms with Crippen LogP contribution in [0.4, 0.5) is 0 Å². The minimum absolute atomic E-state index is 0.0132. The van der Waals surface area contributed by atoms with Crippen LogP contribution >= 0.6 is 0 Å². The SMILES string of the molecule is CC.CC/C(C)=C\C=C(/C)NC(=O)CC(C)n1cccn1. The van der Waals surface area contributed by atoms with E-state index in [-0.39, 0.29) is 11.9 Å². The monoisotopic (exact) mass is 291 g/mol. The molecule has 0 aromatic carbocycles. The fourth-order valence-corrected chi connectivity index (χ4v) is 1.60. The molecule has 1 aromatic rings. The van der Waals surface area contributed by atoms with Crippen molar-refractivity contribution in [2.45, 2.75) is 60.4 Å². The number of allylic oxidation sites excluding steroid dienone is 4. The first-order chi connectivity index (χ1) is 10.0. The van der Waals surface area contributed by atoms with E-state index in [0.29, 0.717) is 6.42 Å². The molecule has 4 heteroatoms. The van der Waals surface area contributed by atoms with Gasteiger partial charge in [-0.2, -0.15) is 5.10 Å². The van der Waals surface area contributed by atoms with Crippen LogP contribution in [-0.2, 0) is 4.79 Å². The number of nitrogens with zero attached hydrogens (tertiary/aromatic N) is 2. The molecular formula is C17H29N3O. The summed E-state index contributed by atoms with van der Waals surface area (Å²) in [7, 11) is 0. The smallest absolute Gasteiger partial charge is 0.226 e. The zero-order chi connectivity index (χ0) is 16.3. The van der Waals surface area contributed by atoms with Gasteiger partial charge in [0, 0.05) is 24.5 Å². The van der Waals surface area contributed by atoms with Crippen molar-refractivity contribution in [2.24, 2.45) is 0 Å². The highest BCUT2D eigenvalue weighted by Gasteiger charge is 2.10. The molecule has 0 saturated heterocycles. The molecule has 1 unspecified atom stereocenters. The summed E-state index contributed by atoms with van der Waals surface area (Å²) in [6, 6.07) is 1.92. The first-order valence-corrected chi connectivity index (χ1v) is 7.66. The lowest BCUT2D eigenvalue weighted by atomic mass is 10.2. The second-order valence-electron chi connectivity index (χ2n) is 4.80. The van der Waals surface area contributed by atoms with Gasteiger partial charge in [-0.05, 0) is 39.3 Å². The molecule has 4 nitrogen and oxygen atoms in total. The molecule has 118 valence electrons. The number of nitrogens with one attached hydrogen (secondary N) is 1. The molecule has 0 aliphatic carbocycles. The highest BCUT2D eigenvalue weighted by molar-refractivity contribution is 5.78. The second-order valence-corrected chi connectivity index (χ2v) is 4.80. The van der Waals surface area contributed by atoms with Crippen LogP contribution in [0.1, 0.15) is 60.4 Å². The summed E-state index contributed by atoms with van der Waals surface area (Å²) in [5.74, 6) is 0.0132. The zero-order valence-corrected chi connectivity index (χ0v) is 14.2. The lowest BCUT2D eigenvalue weighted by Crippen LogP contribution is -2.24. The second kappa shape index (κ2) is 10.9. The van der Waals surface area contributed by atoms with Gasteiger partial charge in [-0.3, -0.25) is 9.48 Å². The molecule has 21 heavy (non-hydrogen) atoms. The predicted molar refractivity (Wildman–Crippen MR) is 88.9 cm³/mol. The summed E-state index contributed by atoms with van der Waals surface area (Å²) in [5.41, 5.74) is 2.16. The molecule has 0 bridgehead atoms. The number of hydrogen-bond acceptors (Lipinski definition) is 2. The molecular weight excluding hydrogens is 262 g/mol. The van der Waals surface area contributed by atoms with E-state index in [0.717, 1.165) is 12.1 Å². The molecule has 0 saturated carbocycles. The molecule has 1 heterocycles. The standard InChI is InChI=1S/C15H23N3O.C2H6/c1-5-12(2)7-8-13(3)17-15(19)11-14(4)18-10-6-9-16-18;1-2/h6-10,14H,5,11H2,1-4H3,(H,17,19);1-2H3/b12-7-,13-8+;. The van der Waals surface area contributed by atoms with Crippen LogP contribution in [0, 0.1) is 0 Å². The van der Waals surface area contributed by atoms with Crippen molar-refractivity contribution in [1.82, 2.24) is 15.1 Å². The van der Waals surface area contributed by atoms with Gasteiger partial charge in [0.15, 0.2) is 0 Å². The summed E-state index contributed by atoms with van der Waals surface area (Å²) < 4.78 is 1.79. The van der Waals surface area contributed by atoms with Crippen molar-refractivity contribution in [3.63, 3.8) is 0 Å². The Morgan fingerprint density at radius 2 is 2.00 bits per heavy atom. The predicted octanol–water partition coefficient (Wildman–Crippen LogP) is 4.24. The Kier molecular flexibility index (Phi) is 9.94. The van der Waals surface area contributed by atoms with Crippen LogP contribution in [0.25, 0.3) is 0 Å². The van der Waals surface area contributed by atoms with E-state index >= 15 is 0 Å². The van der Waals surface area contributed by atoms with Crippen LogP contribution < -0.4 is 5.32 Å². The van der Waals surface area contributed by atoms with E-state index in [1.807, 2.05) is 52.1 Å². The minimum atomic E-state index is 0.0132. The van der Waals surface area contributed by atoms with Crippen molar-refractivity contribution >= 4 is 5.91 Å². The Hall–Kier alpha value is -1.84. The van der Waals surface area contributed by atoms with Gasteiger partial charge in [-0.1, -0.05) is 32.4 Å². The molecule has 0 aliphatic heterocycles. The molecule has 1 atom stereocenters. The topological polar surface area (TPSA) is 46.9 Å². The van der Waals surface area contributed by atoms with Crippen molar-refractivity contribution in [1.29, 1.82) is 0 Å². The number of aromatic nitrogens is 2. The molecule has 1 N–H and O–H groups in total. The molecule has 0 spiro atoms. The molecule has 1 rings (SSSR count). The third kappa shape index (κ3) is 8.12. The third-order valence-corrected chi connectivity index (χ3v) is 2.97. The molecule has 1 amide bonds. The fraction of sp³-hybridized carbons (Fsp3) is 0.529. The van der Waals surface area contributed by atoms with E-state index in [9.17, 15) is 4.79 Å². The lowest BCUT2D eigenvalue weighted by molar-refractivity contribution is -0.121. The number of amides is 1. The normalized spacial score (nSPS) is 13.2. The van der Waals surface area contributed by atoms with Gasteiger partial charge in [-0.25, -0.2) is 0 Å². The van der Waals surface area contributed by atoms with E-state index in [1.54, 1.807) is 10.9 Å². The summed E-state index contributed by atoms with van der Waals surface area (Å²) in [6.45, 7) is 12.1. The summed E-state index contributed by atoms with van der Waals surface area (Å²) in [5, 5.41) is 7.02. The van der Waals surface area contributed by atoms with E-state index in [2.05, 4.69) is 24.3 Å². The number of hydrogen-bond donors (Lipinski definition) is 1. The van der Waals surface area contributed by atoms with Gasteiger partial charge < -0.3 is 5.32 Å². The minimum Gasteiger partial charge on any atom is -0.330 e. The van der Waals surface area contributed by atoms with Gasteiger partial charge in [-0.15, -0.1) is 0 Å². The maximum absolute atomic E-state index is 11.9. The lowest BCUT2D eigenvalue weighted by Gasteiger charge is -2.12. The van der Waals surface area contributed by atoms with Crippen molar-refractivity contribution in [3.8, 4) is 0 Å². The molecule has 0 radical (unpaired) electrons. The Bertz CT molecular complexity index is 458. The Balaban J connectivity index is 0.00000191. The van der Waals surface area contributed by atoms with Crippen LogP contribution in [-0.4, -0.2) is 15.7 Å². The highest BCUT2D eigenvalue weighted by atomic mass is 16.1. The van der Waals surface area contributed by atoms with E-state index in [4.69, 9.17) is 0 Å². The zero-order valence-electron chi connectivity index (χ0n) is 14.2. The van der Waals surface area contributed by atoms with Gasteiger partial charge >= 0.3 is 0 Å². The van der Waals surface area contributed by atoms with E-state index < -0.39 is 0 Å². The summed E-state index contributed by atoms with van der Waals surface area (Å²) >= 11 is 0. The average Bonchev–Trinajstić information content (AvgIpc) is 3.01. The Morgan fingerprint density at radius 1 is 1.33 bits per heavy atom. The maximum Gasteiger partial charge on any atom is 0.226 e. The highest BCUT2D eigenvalue weighted by Crippen LogP contribution is 2.08. The molecule has 1 aromatic heterocycles. The first-order valence-electron chi connectivity index (χ1n) is 7.66. The van der Waals surface area contributed by atoms with Crippen LogP contribution in [0.15, 0.2) is 41.9 Å². The van der Waals surface area contributed by atoms with Crippen LogP contribution in [0.3, 0.4) is 0 Å². The van der Waals surface area contributed by atoms with Gasteiger partial charge in [0.1, 0.15) is 0 Å². The van der Waals surface area contributed by atoms with Gasteiger partial charge in [0.25, 0.3) is 0 Å². The van der Waals surface area contributed by atoms with Crippen molar-refractivity contribution in [3.05, 3.63) is 41.9 Å². The number of rotatable bonds is 6. The Morgan fingerprint density at radius 3 is 2.52 bits per heavy atom. The Labute approximate surface area is 128 Å². The molecule has 0 fully saturated rings. The number of carbonyl (C=O) groups excluding carboxylic acids is 1. The number of carbonyl (C=O) groups is 1. The summed E-state index contributed by atoms with van der Waals surface area (Å²) in [4.78, 5) is 11.9. The fourth-order valence-electron chi connectivity index (χ4n) is 1.60. The van der Waals surface area contributed by atoms with Crippen molar-refractivity contribution in [2.75, 3.05) is 0 Å². The third-order valence-electron chi connectivity index (χ3n) is 2.97. The van der Waals surface area contributed by atoms with Crippen LogP contribution in [0.5, 0.6) is 0 Å². The molecule has 0 aliphatic rings. The summed E-state index contributed by atoms with van der Waals surface area (Å²) in [6.07, 6.45) is 9.01.